The first kappa shape index (κ1) is 13.1. The predicted molar refractivity (Wildman–Crippen MR) is 72.8 cm³/mol. The van der Waals surface area contributed by atoms with E-state index in [-0.39, 0.29) is 5.97 Å². The van der Waals surface area contributed by atoms with Crippen LogP contribution in [-0.4, -0.2) is 38.1 Å². The van der Waals surface area contributed by atoms with Crippen molar-refractivity contribution in [1.29, 1.82) is 0 Å². The first-order chi connectivity index (χ1) is 8.69. The Morgan fingerprint density at radius 3 is 2.83 bits per heavy atom. The summed E-state index contributed by atoms with van der Waals surface area (Å²) in [4.78, 5) is 15.2. The average Bonchev–Trinajstić information content (AvgIpc) is 2.86. The highest BCUT2D eigenvalue weighted by atomic mass is 32.1. The number of piperidine rings is 1. The predicted octanol–water partition coefficient (Wildman–Crippen LogP) is 2.23. The fourth-order valence-electron chi connectivity index (χ4n) is 1.94. The van der Waals surface area contributed by atoms with E-state index in [4.69, 9.17) is 0 Å². The number of esters is 1. The zero-order valence-corrected chi connectivity index (χ0v) is 11.5. The van der Waals surface area contributed by atoms with Crippen LogP contribution in [0.5, 0.6) is 0 Å². The van der Waals surface area contributed by atoms with Crippen LogP contribution in [-0.2, 0) is 4.74 Å². The van der Waals surface area contributed by atoms with Crippen LogP contribution in [0.25, 0.3) is 0 Å². The Balaban J connectivity index is 1.97. The molecule has 1 aliphatic rings. The molecule has 0 atom stereocenters. The molecule has 0 unspecified atom stereocenters. The smallest absolute Gasteiger partial charge is 0.348 e. The Kier molecular flexibility index (Phi) is 4.40. The van der Waals surface area contributed by atoms with Gasteiger partial charge in [0.25, 0.3) is 0 Å². The normalized spacial score (nSPS) is 17.0. The van der Waals surface area contributed by atoms with E-state index in [1.807, 2.05) is 6.07 Å². The van der Waals surface area contributed by atoms with Gasteiger partial charge in [0.05, 0.1) is 12.0 Å². The summed E-state index contributed by atoms with van der Waals surface area (Å²) in [5, 5.41) is 0. The Morgan fingerprint density at radius 2 is 2.17 bits per heavy atom. The van der Waals surface area contributed by atoms with Gasteiger partial charge >= 0.3 is 5.97 Å². The number of methoxy groups -OCH3 is 1. The molecular weight excluding hydrogens is 246 g/mol. The lowest BCUT2D eigenvalue weighted by atomic mass is 9.98. The van der Waals surface area contributed by atoms with Crippen molar-refractivity contribution < 1.29 is 9.53 Å². The van der Waals surface area contributed by atoms with Gasteiger partial charge in [-0.15, -0.1) is 11.3 Å². The third-order valence-corrected chi connectivity index (χ3v) is 4.09. The Hall–Kier alpha value is -1.31. The lowest BCUT2D eigenvalue weighted by molar-refractivity contribution is 0.0606. The number of thiophene rings is 1. The summed E-state index contributed by atoms with van der Waals surface area (Å²) in [5.41, 5.74) is 0. The number of likely N-dealkylation sites (tertiary alicyclic amines) is 1. The first-order valence-electron chi connectivity index (χ1n) is 6.07. The van der Waals surface area contributed by atoms with Gasteiger partial charge in [0.2, 0.25) is 0 Å². The summed E-state index contributed by atoms with van der Waals surface area (Å²) in [6, 6.07) is 3.66. The molecule has 0 aromatic carbocycles. The lowest BCUT2D eigenvalue weighted by Gasteiger charge is -2.25. The largest absolute Gasteiger partial charge is 0.465 e. The second-order valence-electron chi connectivity index (χ2n) is 4.50. The van der Waals surface area contributed by atoms with E-state index in [1.54, 1.807) is 6.07 Å². The Morgan fingerprint density at radius 1 is 1.44 bits per heavy atom. The summed E-state index contributed by atoms with van der Waals surface area (Å²) < 4.78 is 4.67. The minimum absolute atomic E-state index is 0.285. The summed E-state index contributed by atoms with van der Waals surface area (Å²) in [7, 11) is 3.54. The maximum absolute atomic E-state index is 11.3. The zero-order chi connectivity index (χ0) is 13.0. The molecule has 1 saturated heterocycles. The molecule has 0 amide bonds. The third-order valence-electron chi connectivity index (χ3n) is 3.11. The minimum atomic E-state index is -0.285. The summed E-state index contributed by atoms with van der Waals surface area (Å²) >= 11 is 1.40. The van der Waals surface area contributed by atoms with Crippen LogP contribution >= 0.6 is 11.3 Å². The highest BCUT2D eigenvalue weighted by molar-refractivity contribution is 7.14. The molecule has 0 saturated carbocycles. The second-order valence-corrected chi connectivity index (χ2v) is 5.59. The number of carbonyl (C=O) groups is 1. The van der Waals surface area contributed by atoms with Crippen LogP contribution in [0.15, 0.2) is 12.1 Å². The van der Waals surface area contributed by atoms with Gasteiger partial charge in [0, 0.05) is 5.92 Å². The maximum atomic E-state index is 11.3. The van der Waals surface area contributed by atoms with Crippen LogP contribution in [0.4, 0.5) is 0 Å². The number of rotatable bonds is 1. The number of hydrogen-bond donors (Lipinski definition) is 0. The zero-order valence-electron chi connectivity index (χ0n) is 10.7. The molecule has 4 heteroatoms. The van der Waals surface area contributed by atoms with Crippen molar-refractivity contribution in [2.45, 2.75) is 12.8 Å². The fraction of sp³-hybridized carbons (Fsp3) is 0.500. The van der Waals surface area contributed by atoms with Crippen LogP contribution in [0.1, 0.15) is 27.4 Å². The van der Waals surface area contributed by atoms with Gasteiger partial charge in [-0.3, -0.25) is 0 Å². The lowest BCUT2D eigenvalue weighted by Crippen LogP contribution is -2.29. The molecule has 0 N–H and O–H groups in total. The van der Waals surface area contributed by atoms with Crippen LogP contribution in [0.2, 0.25) is 0 Å². The summed E-state index contributed by atoms with van der Waals surface area (Å²) in [6.07, 6.45) is 2.28. The van der Waals surface area contributed by atoms with Crippen molar-refractivity contribution in [3.05, 3.63) is 21.9 Å². The molecular formula is C14H17NO2S. The SMILES string of the molecule is COC(=O)c1ccc(C#CC2CCN(C)CC2)s1. The molecule has 1 aromatic heterocycles. The highest BCUT2D eigenvalue weighted by Gasteiger charge is 2.14. The molecule has 96 valence electrons. The standard InChI is InChI=1S/C14H17NO2S/c1-15-9-7-11(8-10-15)3-4-12-5-6-13(18-12)14(16)17-2/h5-6,11H,7-10H2,1-2H3. The van der Waals surface area contributed by atoms with Crippen LogP contribution in [0.3, 0.4) is 0 Å². The summed E-state index contributed by atoms with van der Waals surface area (Å²) in [5.74, 6) is 6.69. The van der Waals surface area contributed by atoms with Gasteiger partial charge in [-0.2, -0.15) is 0 Å². The number of ether oxygens (including phenoxy) is 1. The van der Waals surface area contributed by atoms with E-state index in [0.717, 1.165) is 30.8 Å². The van der Waals surface area contributed by atoms with Gasteiger partial charge in [-0.1, -0.05) is 11.8 Å². The van der Waals surface area contributed by atoms with Crippen molar-refractivity contribution in [3.8, 4) is 11.8 Å². The van der Waals surface area contributed by atoms with Gasteiger partial charge in [-0.25, -0.2) is 4.79 Å². The van der Waals surface area contributed by atoms with E-state index < -0.39 is 0 Å². The molecule has 2 heterocycles. The summed E-state index contributed by atoms with van der Waals surface area (Å²) in [6.45, 7) is 2.24. The second kappa shape index (κ2) is 6.03. The minimum Gasteiger partial charge on any atom is -0.465 e. The first-order valence-corrected chi connectivity index (χ1v) is 6.89. The van der Waals surface area contributed by atoms with E-state index in [0.29, 0.717) is 10.8 Å². The van der Waals surface area contributed by atoms with Gasteiger partial charge in [0.15, 0.2) is 0 Å². The molecule has 1 fully saturated rings. The van der Waals surface area contributed by atoms with E-state index in [2.05, 4.69) is 28.5 Å². The number of hydrogen-bond acceptors (Lipinski definition) is 4. The van der Waals surface area contributed by atoms with Crippen LogP contribution in [0, 0.1) is 17.8 Å². The quantitative estimate of drug-likeness (QED) is 0.575. The Labute approximate surface area is 112 Å². The van der Waals surface area contributed by atoms with E-state index in [9.17, 15) is 4.79 Å². The van der Waals surface area contributed by atoms with Crippen molar-refractivity contribution in [3.63, 3.8) is 0 Å². The molecule has 0 spiro atoms. The average molecular weight is 263 g/mol. The molecule has 0 radical (unpaired) electrons. The molecule has 0 bridgehead atoms. The topological polar surface area (TPSA) is 29.5 Å². The maximum Gasteiger partial charge on any atom is 0.348 e. The van der Waals surface area contributed by atoms with Gasteiger partial charge in [-0.05, 0) is 45.1 Å². The van der Waals surface area contributed by atoms with Gasteiger partial charge in [0.1, 0.15) is 4.88 Å². The van der Waals surface area contributed by atoms with Crippen molar-refractivity contribution in [2.24, 2.45) is 5.92 Å². The number of carbonyl (C=O) groups excluding carboxylic acids is 1. The molecule has 1 aromatic rings. The fourth-order valence-corrected chi connectivity index (χ4v) is 2.73. The van der Waals surface area contributed by atoms with Gasteiger partial charge < -0.3 is 9.64 Å². The highest BCUT2D eigenvalue weighted by Crippen LogP contribution is 2.18. The molecule has 1 aliphatic heterocycles. The van der Waals surface area contributed by atoms with Crippen molar-refractivity contribution in [2.75, 3.05) is 27.2 Å². The monoisotopic (exact) mass is 263 g/mol. The molecule has 2 rings (SSSR count). The third kappa shape index (κ3) is 3.34. The van der Waals surface area contributed by atoms with Crippen LogP contribution < -0.4 is 0 Å². The number of nitrogens with zero attached hydrogens (tertiary/aromatic N) is 1. The Bertz CT molecular complexity index is 475. The molecule has 0 aliphatic carbocycles. The van der Waals surface area contributed by atoms with E-state index in [1.165, 1.54) is 18.4 Å². The van der Waals surface area contributed by atoms with E-state index >= 15 is 0 Å². The van der Waals surface area contributed by atoms with Crippen molar-refractivity contribution >= 4 is 17.3 Å². The molecule has 3 nitrogen and oxygen atoms in total. The van der Waals surface area contributed by atoms with Crippen molar-refractivity contribution in [1.82, 2.24) is 4.90 Å². The molecule has 18 heavy (non-hydrogen) atoms.